The van der Waals surface area contributed by atoms with Gasteiger partial charge < -0.3 is 14.8 Å². The van der Waals surface area contributed by atoms with Crippen LogP contribution in [0.1, 0.15) is 11.1 Å². The van der Waals surface area contributed by atoms with Crippen LogP contribution in [0.5, 0.6) is 11.6 Å². The Balaban J connectivity index is 1.81. The van der Waals surface area contributed by atoms with Crippen LogP contribution in [0, 0.1) is 0 Å². The zero-order chi connectivity index (χ0) is 13.5. The molecule has 1 aromatic carbocycles. The van der Waals surface area contributed by atoms with Crippen LogP contribution < -0.4 is 14.8 Å². The molecule has 0 amide bonds. The fraction of sp³-hybridized carbons (Fsp3) is 0.267. The molecule has 4 heteroatoms. The molecule has 0 bridgehead atoms. The van der Waals surface area contributed by atoms with E-state index in [4.69, 9.17) is 9.47 Å². The summed E-state index contributed by atoms with van der Waals surface area (Å²) in [6, 6.07) is 11.9. The number of aromatic nitrogens is 1. The molecule has 1 heterocycles. The van der Waals surface area contributed by atoms with E-state index in [1.54, 1.807) is 14.2 Å². The number of rotatable bonds is 6. The number of hydrogen-bond donors (Lipinski definition) is 1. The van der Waals surface area contributed by atoms with Gasteiger partial charge in [-0.2, -0.15) is 0 Å². The maximum Gasteiger partial charge on any atom is 0.212 e. The average Bonchev–Trinajstić information content (AvgIpc) is 2.49. The fourth-order valence-electron chi connectivity index (χ4n) is 1.73. The Hall–Kier alpha value is -2.07. The van der Waals surface area contributed by atoms with Crippen molar-refractivity contribution in [2.75, 3.05) is 14.2 Å². The number of hydrogen-bond acceptors (Lipinski definition) is 4. The van der Waals surface area contributed by atoms with E-state index in [9.17, 15) is 0 Å². The van der Waals surface area contributed by atoms with Gasteiger partial charge in [0.05, 0.1) is 14.2 Å². The molecular weight excluding hydrogens is 240 g/mol. The Morgan fingerprint density at radius 2 is 1.58 bits per heavy atom. The van der Waals surface area contributed by atoms with Gasteiger partial charge >= 0.3 is 0 Å². The first-order valence-electron chi connectivity index (χ1n) is 6.14. The minimum atomic E-state index is 0.638. The Kier molecular flexibility index (Phi) is 4.75. The van der Waals surface area contributed by atoms with Crippen molar-refractivity contribution in [1.29, 1.82) is 0 Å². The lowest BCUT2D eigenvalue weighted by atomic mass is 10.2. The lowest BCUT2D eigenvalue weighted by molar-refractivity contribution is 0.397. The van der Waals surface area contributed by atoms with Gasteiger partial charge in [-0.1, -0.05) is 18.2 Å². The largest absolute Gasteiger partial charge is 0.497 e. The molecule has 4 nitrogen and oxygen atoms in total. The van der Waals surface area contributed by atoms with E-state index < -0.39 is 0 Å². The molecule has 100 valence electrons. The fourth-order valence-corrected chi connectivity index (χ4v) is 1.73. The highest BCUT2D eigenvalue weighted by Crippen LogP contribution is 2.11. The Bertz CT molecular complexity index is 447. The van der Waals surface area contributed by atoms with E-state index in [0.29, 0.717) is 5.88 Å². The SMILES string of the molecule is COc1ccc(CNCc2ccc(OC)nc2)cc1. The molecular formula is C15H18N2O2. The first kappa shape index (κ1) is 13.4. The molecule has 1 N–H and O–H groups in total. The van der Waals surface area contributed by atoms with Gasteiger partial charge in [0.15, 0.2) is 0 Å². The Morgan fingerprint density at radius 3 is 2.16 bits per heavy atom. The van der Waals surface area contributed by atoms with E-state index >= 15 is 0 Å². The molecule has 1 aromatic heterocycles. The van der Waals surface area contributed by atoms with Crippen LogP contribution in [-0.4, -0.2) is 19.2 Å². The normalized spacial score (nSPS) is 10.2. The molecule has 0 aliphatic rings. The summed E-state index contributed by atoms with van der Waals surface area (Å²) in [6.45, 7) is 1.60. The highest BCUT2D eigenvalue weighted by molar-refractivity contribution is 5.27. The standard InChI is InChI=1S/C15H18N2O2/c1-18-14-6-3-12(4-7-14)9-16-10-13-5-8-15(19-2)17-11-13/h3-8,11,16H,9-10H2,1-2H3. The van der Waals surface area contributed by atoms with Crippen LogP contribution in [0.2, 0.25) is 0 Å². The molecule has 19 heavy (non-hydrogen) atoms. The molecule has 0 radical (unpaired) electrons. The molecule has 0 spiro atoms. The van der Waals surface area contributed by atoms with Crippen LogP contribution in [0.25, 0.3) is 0 Å². The summed E-state index contributed by atoms with van der Waals surface area (Å²) in [7, 11) is 3.29. The predicted molar refractivity (Wildman–Crippen MR) is 74.3 cm³/mol. The average molecular weight is 258 g/mol. The first-order valence-corrected chi connectivity index (χ1v) is 6.14. The lowest BCUT2D eigenvalue weighted by Crippen LogP contribution is -2.12. The zero-order valence-electron chi connectivity index (χ0n) is 11.2. The zero-order valence-corrected chi connectivity index (χ0v) is 11.2. The van der Waals surface area contributed by atoms with Crippen molar-refractivity contribution in [3.63, 3.8) is 0 Å². The summed E-state index contributed by atoms with van der Waals surface area (Å²) in [5.41, 5.74) is 2.36. The third kappa shape index (κ3) is 3.96. The third-order valence-corrected chi connectivity index (χ3v) is 2.82. The lowest BCUT2D eigenvalue weighted by Gasteiger charge is -2.06. The van der Waals surface area contributed by atoms with E-state index in [0.717, 1.165) is 24.4 Å². The van der Waals surface area contributed by atoms with Crippen molar-refractivity contribution in [2.45, 2.75) is 13.1 Å². The Morgan fingerprint density at radius 1 is 0.895 bits per heavy atom. The van der Waals surface area contributed by atoms with Crippen LogP contribution in [0.4, 0.5) is 0 Å². The number of benzene rings is 1. The van der Waals surface area contributed by atoms with Gasteiger partial charge in [0.1, 0.15) is 5.75 Å². The first-order chi connectivity index (χ1) is 9.31. The van der Waals surface area contributed by atoms with Crippen molar-refractivity contribution in [3.8, 4) is 11.6 Å². The molecule has 2 rings (SSSR count). The monoisotopic (exact) mass is 258 g/mol. The second-order valence-electron chi connectivity index (χ2n) is 4.16. The highest BCUT2D eigenvalue weighted by Gasteiger charge is 1.97. The maximum absolute atomic E-state index is 5.12. The van der Waals surface area contributed by atoms with Gasteiger partial charge in [0.2, 0.25) is 5.88 Å². The van der Waals surface area contributed by atoms with Gasteiger partial charge in [-0.25, -0.2) is 4.98 Å². The molecule has 0 aliphatic heterocycles. The van der Waals surface area contributed by atoms with Crippen molar-refractivity contribution in [3.05, 3.63) is 53.7 Å². The second kappa shape index (κ2) is 6.75. The predicted octanol–water partition coefficient (Wildman–Crippen LogP) is 2.39. The molecule has 0 saturated carbocycles. The molecule has 2 aromatic rings. The number of nitrogens with one attached hydrogen (secondary N) is 1. The minimum Gasteiger partial charge on any atom is -0.497 e. The van der Waals surface area contributed by atoms with Crippen LogP contribution in [-0.2, 0) is 13.1 Å². The third-order valence-electron chi connectivity index (χ3n) is 2.82. The summed E-state index contributed by atoms with van der Waals surface area (Å²) in [5.74, 6) is 1.52. The van der Waals surface area contributed by atoms with Gasteiger partial charge in [0, 0.05) is 25.4 Å². The minimum absolute atomic E-state index is 0.638. The van der Waals surface area contributed by atoms with E-state index in [2.05, 4.69) is 22.4 Å². The summed E-state index contributed by atoms with van der Waals surface area (Å²) in [6.07, 6.45) is 1.82. The molecule has 0 saturated heterocycles. The summed E-state index contributed by atoms with van der Waals surface area (Å²) < 4.78 is 10.1. The molecule has 0 unspecified atom stereocenters. The van der Waals surface area contributed by atoms with E-state index in [1.807, 2.05) is 30.5 Å². The maximum atomic E-state index is 5.12. The number of nitrogens with zero attached hydrogens (tertiary/aromatic N) is 1. The number of pyridine rings is 1. The van der Waals surface area contributed by atoms with Gasteiger partial charge in [-0.15, -0.1) is 0 Å². The summed E-state index contributed by atoms with van der Waals surface area (Å²) >= 11 is 0. The van der Waals surface area contributed by atoms with Gasteiger partial charge in [-0.3, -0.25) is 0 Å². The van der Waals surface area contributed by atoms with Gasteiger partial charge in [-0.05, 0) is 23.3 Å². The van der Waals surface area contributed by atoms with Crippen molar-refractivity contribution in [1.82, 2.24) is 10.3 Å². The van der Waals surface area contributed by atoms with Crippen molar-refractivity contribution >= 4 is 0 Å². The summed E-state index contributed by atoms with van der Waals surface area (Å²) in [4.78, 5) is 4.17. The van der Waals surface area contributed by atoms with E-state index in [1.165, 1.54) is 5.56 Å². The quantitative estimate of drug-likeness (QED) is 0.864. The number of ether oxygens (including phenoxy) is 2. The number of methoxy groups -OCH3 is 2. The Labute approximate surface area is 113 Å². The van der Waals surface area contributed by atoms with E-state index in [-0.39, 0.29) is 0 Å². The molecule has 0 atom stereocenters. The van der Waals surface area contributed by atoms with Crippen LogP contribution in [0.15, 0.2) is 42.6 Å². The van der Waals surface area contributed by atoms with Crippen LogP contribution >= 0.6 is 0 Å². The smallest absolute Gasteiger partial charge is 0.212 e. The molecule has 0 fully saturated rings. The highest BCUT2D eigenvalue weighted by atomic mass is 16.5. The topological polar surface area (TPSA) is 43.4 Å². The van der Waals surface area contributed by atoms with Crippen LogP contribution in [0.3, 0.4) is 0 Å². The molecule has 0 aliphatic carbocycles. The van der Waals surface area contributed by atoms with Gasteiger partial charge in [0.25, 0.3) is 0 Å². The van der Waals surface area contributed by atoms with Crippen molar-refractivity contribution in [2.24, 2.45) is 0 Å². The van der Waals surface area contributed by atoms with Crippen molar-refractivity contribution < 1.29 is 9.47 Å². The summed E-state index contributed by atoms with van der Waals surface area (Å²) in [5, 5.41) is 3.37. The second-order valence-corrected chi connectivity index (χ2v) is 4.16.